The van der Waals surface area contributed by atoms with Crippen molar-refractivity contribution in [2.24, 2.45) is 0 Å². The third kappa shape index (κ3) is 4.43. The molecule has 0 amide bonds. The van der Waals surface area contributed by atoms with Gasteiger partial charge in [0.15, 0.2) is 5.69 Å². The topological polar surface area (TPSA) is 84.1 Å². The number of aromatic nitrogens is 5. The molecule has 8 nitrogen and oxygen atoms in total. The van der Waals surface area contributed by atoms with Crippen LogP contribution in [0.4, 0.5) is 13.2 Å². The Morgan fingerprint density at radius 1 is 1.09 bits per heavy atom. The second-order valence-corrected chi connectivity index (χ2v) is 6.83. The van der Waals surface area contributed by atoms with Crippen molar-refractivity contribution in [3.63, 3.8) is 0 Å². The van der Waals surface area contributed by atoms with Crippen LogP contribution < -0.4 is 4.74 Å². The van der Waals surface area contributed by atoms with Crippen LogP contribution in [0.15, 0.2) is 60.9 Å². The number of hydrogen-bond donors (Lipinski definition) is 0. The fourth-order valence-corrected chi connectivity index (χ4v) is 3.23. The first-order valence-corrected chi connectivity index (χ1v) is 9.81. The molecule has 2 aromatic carbocycles. The summed E-state index contributed by atoms with van der Waals surface area (Å²) in [4.78, 5) is 12.0. The number of hydrogen-bond acceptors (Lipinski definition) is 6. The van der Waals surface area contributed by atoms with E-state index in [4.69, 9.17) is 9.47 Å². The van der Waals surface area contributed by atoms with Gasteiger partial charge in [-0.05, 0) is 43.3 Å². The molecular weight excluding hydrogens is 439 g/mol. The molecule has 0 unspecified atom stereocenters. The lowest BCUT2D eigenvalue weighted by Crippen LogP contribution is -2.18. The number of carbonyl (C=O) groups excluding carboxylic acids is 1. The van der Waals surface area contributed by atoms with Crippen molar-refractivity contribution in [2.45, 2.75) is 13.1 Å². The summed E-state index contributed by atoms with van der Waals surface area (Å²) in [6, 6.07) is 13.3. The molecular formula is C22H18F3N5O3. The Kier molecular flexibility index (Phi) is 5.86. The van der Waals surface area contributed by atoms with Gasteiger partial charge in [-0.25, -0.2) is 14.2 Å². The van der Waals surface area contributed by atoms with Crippen LogP contribution in [-0.4, -0.2) is 44.5 Å². The SMILES string of the molecule is CCOC(=O)c1cnn(-c2ccc(-n3cc(-c4cccc(OC)c4)nn3)cc2)c1C(F)(F)F. The lowest BCUT2D eigenvalue weighted by molar-refractivity contribution is -0.143. The van der Waals surface area contributed by atoms with Crippen LogP contribution in [0, 0.1) is 0 Å². The molecule has 4 rings (SSSR count). The van der Waals surface area contributed by atoms with Gasteiger partial charge in [-0.2, -0.15) is 18.3 Å². The van der Waals surface area contributed by atoms with Crippen LogP contribution in [0.1, 0.15) is 23.0 Å². The maximum Gasteiger partial charge on any atom is 0.434 e. The molecule has 0 spiro atoms. The van der Waals surface area contributed by atoms with Crippen molar-refractivity contribution in [2.75, 3.05) is 13.7 Å². The van der Waals surface area contributed by atoms with Crippen LogP contribution in [0.5, 0.6) is 5.75 Å². The van der Waals surface area contributed by atoms with Gasteiger partial charge in [0, 0.05) is 5.56 Å². The van der Waals surface area contributed by atoms with Crippen molar-refractivity contribution in [3.05, 3.63) is 72.2 Å². The van der Waals surface area contributed by atoms with Gasteiger partial charge in [0.2, 0.25) is 0 Å². The Bertz CT molecular complexity index is 1280. The van der Waals surface area contributed by atoms with Crippen LogP contribution >= 0.6 is 0 Å². The fraction of sp³-hybridized carbons (Fsp3) is 0.182. The molecule has 0 aliphatic carbocycles. The monoisotopic (exact) mass is 457 g/mol. The van der Waals surface area contributed by atoms with E-state index in [1.807, 2.05) is 24.3 Å². The zero-order valence-corrected chi connectivity index (χ0v) is 17.6. The first-order chi connectivity index (χ1) is 15.8. The van der Waals surface area contributed by atoms with Crippen molar-refractivity contribution >= 4 is 5.97 Å². The summed E-state index contributed by atoms with van der Waals surface area (Å²) < 4.78 is 53.2. The van der Waals surface area contributed by atoms with Crippen LogP contribution in [0.2, 0.25) is 0 Å². The number of alkyl halides is 3. The molecule has 11 heteroatoms. The van der Waals surface area contributed by atoms with Crippen LogP contribution in [-0.2, 0) is 10.9 Å². The lowest BCUT2D eigenvalue weighted by Gasteiger charge is -2.12. The quantitative estimate of drug-likeness (QED) is 0.401. The molecule has 0 saturated carbocycles. The first kappa shape index (κ1) is 22.1. The highest BCUT2D eigenvalue weighted by Gasteiger charge is 2.41. The van der Waals surface area contributed by atoms with E-state index in [1.54, 1.807) is 25.4 Å². The Morgan fingerprint density at radius 2 is 1.82 bits per heavy atom. The predicted octanol–water partition coefficient (Wildman–Crippen LogP) is 4.32. The molecule has 0 aliphatic heterocycles. The van der Waals surface area contributed by atoms with Gasteiger partial charge >= 0.3 is 12.1 Å². The second-order valence-electron chi connectivity index (χ2n) is 6.83. The van der Waals surface area contributed by atoms with Crippen LogP contribution in [0.3, 0.4) is 0 Å². The normalized spacial score (nSPS) is 11.4. The minimum atomic E-state index is -4.81. The molecule has 2 heterocycles. The predicted molar refractivity (Wildman–Crippen MR) is 111 cm³/mol. The summed E-state index contributed by atoms with van der Waals surface area (Å²) in [6.07, 6.45) is -2.26. The first-order valence-electron chi connectivity index (χ1n) is 9.81. The van der Waals surface area contributed by atoms with Gasteiger partial charge in [0.1, 0.15) is 17.0 Å². The maximum atomic E-state index is 13.7. The third-order valence-electron chi connectivity index (χ3n) is 4.75. The Balaban J connectivity index is 1.65. The number of benzene rings is 2. The Labute approximate surface area is 186 Å². The van der Waals surface area contributed by atoms with E-state index in [-0.39, 0.29) is 12.3 Å². The molecule has 0 N–H and O–H groups in total. The number of nitrogens with zero attached hydrogens (tertiary/aromatic N) is 5. The molecule has 170 valence electrons. The van der Waals surface area contributed by atoms with E-state index in [0.29, 0.717) is 21.8 Å². The van der Waals surface area contributed by atoms with E-state index >= 15 is 0 Å². The highest BCUT2D eigenvalue weighted by atomic mass is 19.4. The summed E-state index contributed by atoms with van der Waals surface area (Å²) >= 11 is 0. The summed E-state index contributed by atoms with van der Waals surface area (Å²) in [5.41, 5.74) is 0.252. The smallest absolute Gasteiger partial charge is 0.434 e. The maximum absolute atomic E-state index is 13.7. The van der Waals surface area contributed by atoms with Crippen LogP contribution in [0.25, 0.3) is 22.6 Å². The van der Waals surface area contributed by atoms with Gasteiger partial charge in [0.25, 0.3) is 0 Å². The highest BCUT2D eigenvalue weighted by Crippen LogP contribution is 2.34. The standard InChI is InChI=1S/C22H18F3N5O3/c1-3-33-21(31)18-12-26-30(20(18)22(23,24)25)16-9-7-15(8-10-16)29-13-19(27-28-29)14-5-4-6-17(11-14)32-2/h4-13H,3H2,1-2H3. The molecule has 0 saturated heterocycles. The van der Waals surface area contributed by atoms with E-state index in [9.17, 15) is 18.0 Å². The van der Waals surface area contributed by atoms with E-state index in [0.717, 1.165) is 11.8 Å². The molecule has 0 aliphatic rings. The molecule has 33 heavy (non-hydrogen) atoms. The molecule has 4 aromatic rings. The number of carbonyl (C=O) groups is 1. The average Bonchev–Trinajstić information content (AvgIpc) is 3.47. The minimum Gasteiger partial charge on any atom is -0.497 e. The number of esters is 1. The highest BCUT2D eigenvalue weighted by molar-refractivity contribution is 5.90. The fourth-order valence-electron chi connectivity index (χ4n) is 3.23. The minimum absolute atomic E-state index is 0.0499. The molecule has 0 fully saturated rings. The zero-order chi connectivity index (χ0) is 23.6. The van der Waals surface area contributed by atoms with Gasteiger partial charge < -0.3 is 9.47 Å². The second kappa shape index (κ2) is 8.77. The van der Waals surface area contributed by atoms with Crippen molar-refractivity contribution in [3.8, 4) is 28.4 Å². The Morgan fingerprint density at radius 3 is 2.48 bits per heavy atom. The molecule has 0 bridgehead atoms. The lowest BCUT2D eigenvalue weighted by atomic mass is 10.1. The summed E-state index contributed by atoms with van der Waals surface area (Å²) in [5.74, 6) is -0.409. The van der Waals surface area contributed by atoms with Gasteiger partial charge in [-0.1, -0.05) is 17.3 Å². The van der Waals surface area contributed by atoms with Gasteiger partial charge in [-0.3, -0.25) is 0 Å². The number of methoxy groups -OCH3 is 1. The number of ether oxygens (including phenoxy) is 2. The average molecular weight is 457 g/mol. The number of halogens is 3. The molecule has 0 radical (unpaired) electrons. The zero-order valence-electron chi connectivity index (χ0n) is 17.6. The van der Waals surface area contributed by atoms with E-state index in [1.165, 1.54) is 23.7 Å². The third-order valence-corrected chi connectivity index (χ3v) is 4.75. The van der Waals surface area contributed by atoms with E-state index in [2.05, 4.69) is 15.4 Å². The largest absolute Gasteiger partial charge is 0.497 e. The van der Waals surface area contributed by atoms with Gasteiger partial charge in [0.05, 0.1) is 37.5 Å². The van der Waals surface area contributed by atoms with Crippen molar-refractivity contribution in [1.29, 1.82) is 0 Å². The summed E-state index contributed by atoms with van der Waals surface area (Å²) in [7, 11) is 1.57. The van der Waals surface area contributed by atoms with E-state index < -0.39 is 23.4 Å². The van der Waals surface area contributed by atoms with Crippen molar-refractivity contribution in [1.82, 2.24) is 24.8 Å². The van der Waals surface area contributed by atoms with Gasteiger partial charge in [-0.15, -0.1) is 5.10 Å². The Hall–Kier alpha value is -4.15. The molecule has 2 aromatic heterocycles. The number of rotatable bonds is 6. The van der Waals surface area contributed by atoms with Crippen molar-refractivity contribution < 1.29 is 27.4 Å². The molecule has 0 atom stereocenters. The summed E-state index contributed by atoms with van der Waals surface area (Å²) in [5, 5.41) is 12.0. The summed E-state index contributed by atoms with van der Waals surface area (Å²) in [6.45, 7) is 1.46.